The van der Waals surface area contributed by atoms with Gasteiger partial charge in [0, 0.05) is 24.5 Å². The average Bonchev–Trinajstić information content (AvgIpc) is 3.17. The summed E-state index contributed by atoms with van der Waals surface area (Å²) in [5.41, 5.74) is 6.45. The number of hydrogen-bond acceptors (Lipinski definition) is 6. The number of pyridine rings is 1. The van der Waals surface area contributed by atoms with Gasteiger partial charge in [-0.1, -0.05) is 11.6 Å². The van der Waals surface area contributed by atoms with E-state index in [-0.39, 0.29) is 59.6 Å². The molecule has 9 nitrogen and oxygen atoms in total. The first-order valence-corrected chi connectivity index (χ1v) is 9.79. The molecule has 2 amide bonds. The van der Waals surface area contributed by atoms with E-state index in [1.807, 2.05) is 6.92 Å². The Kier molecular flexibility index (Phi) is 7.08. The molecule has 0 bridgehead atoms. The molecule has 13 heteroatoms. The summed E-state index contributed by atoms with van der Waals surface area (Å²) in [4.78, 5) is 31.1. The minimum absolute atomic E-state index is 0. The van der Waals surface area contributed by atoms with E-state index >= 15 is 0 Å². The van der Waals surface area contributed by atoms with Gasteiger partial charge in [-0.3, -0.25) is 14.3 Å². The van der Waals surface area contributed by atoms with Gasteiger partial charge >= 0.3 is 6.61 Å². The van der Waals surface area contributed by atoms with Gasteiger partial charge in [0.1, 0.15) is 11.6 Å². The molecule has 1 aliphatic heterocycles. The summed E-state index contributed by atoms with van der Waals surface area (Å²) in [7, 11) is 0. The van der Waals surface area contributed by atoms with E-state index in [4.69, 9.17) is 17.3 Å². The minimum atomic E-state index is -3.06. The van der Waals surface area contributed by atoms with Crippen molar-refractivity contribution in [2.45, 2.75) is 19.6 Å². The largest absolute Gasteiger partial charge is 0.433 e. The molecule has 0 aliphatic carbocycles. The first-order valence-electron chi connectivity index (χ1n) is 9.41. The molecule has 0 spiro atoms. The molecule has 1 aliphatic rings. The Balaban J connectivity index is 0.00000306. The number of fused-ring (bicyclic) bond motifs is 1. The van der Waals surface area contributed by atoms with E-state index in [1.165, 1.54) is 52.3 Å². The Labute approximate surface area is 198 Å². The summed E-state index contributed by atoms with van der Waals surface area (Å²) in [6.45, 7) is -1.01. The van der Waals surface area contributed by atoms with E-state index < -0.39 is 18.4 Å². The third-order valence-corrected chi connectivity index (χ3v) is 5.16. The Hall–Kier alpha value is -3.38. The van der Waals surface area contributed by atoms with Crippen molar-refractivity contribution in [1.29, 1.82) is 0 Å². The second-order valence-electron chi connectivity index (χ2n) is 7.04. The van der Waals surface area contributed by atoms with Crippen LogP contribution in [0.1, 0.15) is 33.8 Å². The average molecular weight is 497 g/mol. The van der Waals surface area contributed by atoms with Crippen LogP contribution in [-0.4, -0.2) is 39.7 Å². The summed E-state index contributed by atoms with van der Waals surface area (Å²) in [5, 5.41) is 6.87. The highest BCUT2D eigenvalue weighted by molar-refractivity contribution is 7.59. The van der Waals surface area contributed by atoms with E-state index in [0.717, 1.165) is 0 Å². The normalized spacial score (nSPS) is 15.1. The maximum absolute atomic E-state index is 13.3. The van der Waals surface area contributed by atoms with Crippen molar-refractivity contribution >= 4 is 54.1 Å². The number of benzene rings is 1. The molecule has 174 valence electrons. The lowest BCUT2D eigenvalue weighted by molar-refractivity contribution is -0.0497. The molecular weight excluding hydrogens is 478 g/mol. The minimum Gasteiger partial charge on any atom is -0.433 e. The van der Waals surface area contributed by atoms with Crippen molar-refractivity contribution in [3.63, 3.8) is 0 Å². The van der Waals surface area contributed by atoms with E-state index in [2.05, 4.69) is 20.1 Å². The smallest absolute Gasteiger partial charge is 0.387 e. The zero-order valence-corrected chi connectivity index (χ0v) is 18.9. The monoisotopic (exact) mass is 496 g/mol. The molecule has 33 heavy (non-hydrogen) atoms. The predicted molar refractivity (Wildman–Crippen MR) is 124 cm³/mol. The molecule has 1 atom stereocenters. The van der Waals surface area contributed by atoms with Gasteiger partial charge in [0.15, 0.2) is 5.69 Å². The van der Waals surface area contributed by atoms with Crippen molar-refractivity contribution < 1.29 is 23.1 Å². The quantitative estimate of drug-likeness (QED) is 0.556. The van der Waals surface area contributed by atoms with Crippen LogP contribution >= 0.6 is 25.1 Å². The SMILES string of the molecule is C[C@H]1CN(c2ccc(Cl)c(OC(F)F)c2)C(=O)c2c(NC(=O)c3ccc(N)nc3)cnn21.S. The molecule has 3 N–H and O–H groups in total. The van der Waals surface area contributed by atoms with Gasteiger partial charge in [-0.05, 0) is 31.2 Å². The number of amides is 2. The van der Waals surface area contributed by atoms with Crippen LogP contribution in [0.25, 0.3) is 0 Å². The number of alkyl halides is 2. The van der Waals surface area contributed by atoms with Crippen molar-refractivity contribution in [2.24, 2.45) is 0 Å². The zero-order chi connectivity index (χ0) is 23.0. The summed E-state index contributed by atoms with van der Waals surface area (Å²) >= 11 is 5.92. The number of hydrogen-bond donors (Lipinski definition) is 2. The number of carbonyl (C=O) groups is 2. The van der Waals surface area contributed by atoms with Gasteiger partial charge in [-0.2, -0.15) is 27.4 Å². The van der Waals surface area contributed by atoms with Crippen LogP contribution in [-0.2, 0) is 0 Å². The van der Waals surface area contributed by atoms with E-state index in [1.54, 1.807) is 0 Å². The van der Waals surface area contributed by atoms with Gasteiger partial charge in [0.05, 0.1) is 28.5 Å². The molecule has 0 fully saturated rings. The van der Waals surface area contributed by atoms with Crippen LogP contribution in [0.5, 0.6) is 5.75 Å². The number of anilines is 3. The molecular formula is C20H19ClF2N6O3S. The number of halogens is 3. The lowest BCUT2D eigenvalue weighted by Crippen LogP contribution is -2.43. The van der Waals surface area contributed by atoms with E-state index in [9.17, 15) is 18.4 Å². The number of carbonyl (C=O) groups excluding carboxylic acids is 2. The number of rotatable bonds is 5. The fourth-order valence-corrected chi connectivity index (χ4v) is 3.52. The Bertz CT molecular complexity index is 1190. The highest BCUT2D eigenvalue weighted by Gasteiger charge is 2.34. The first-order chi connectivity index (χ1) is 15.2. The Morgan fingerprint density at radius 2 is 2.06 bits per heavy atom. The van der Waals surface area contributed by atoms with Crippen LogP contribution in [0.2, 0.25) is 5.02 Å². The van der Waals surface area contributed by atoms with Gasteiger partial charge in [-0.25, -0.2) is 4.98 Å². The molecule has 2 aromatic heterocycles. The summed E-state index contributed by atoms with van der Waals surface area (Å²) in [6.07, 6.45) is 2.69. The third kappa shape index (κ3) is 4.86. The van der Waals surface area contributed by atoms with Crippen LogP contribution in [0.4, 0.5) is 26.0 Å². The highest BCUT2D eigenvalue weighted by atomic mass is 35.5. The van der Waals surface area contributed by atoms with Crippen molar-refractivity contribution in [1.82, 2.24) is 14.8 Å². The summed E-state index contributed by atoms with van der Waals surface area (Å²) in [6, 6.07) is 6.88. The van der Waals surface area contributed by atoms with Gasteiger partial charge in [-0.15, -0.1) is 0 Å². The standard InChI is InChI=1S/C20H17ClF2N6O3.H2S/c1-10-9-28(12-3-4-13(21)15(6-12)32-20(22)23)19(31)17-14(8-26-29(10)17)27-18(30)11-2-5-16(24)25-7-11;/h2-8,10,20H,9H2,1H3,(H2,24,25)(H,27,30);1H2/t10-;/m0./s1. The van der Waals surface area contributed by atoms with Gasteiger partial charge in [0.25, 0.3) is 11.8 Å². The maximum atomic E-state index is 13.3. The zero-order valence-electron chi connectivity index (χ0n) is 17.1. The summed E-state index contributed by atoms with van der Waals surface area (Å²) in [5.74, 6) is -0.952. The van der Waals surface area contributed by atoms with Crippen LogP contribution < -0.4 is 20.7 Å². The Morgan fingerprint density at radius 1 is 1.30 bits per heavy atom. The topological polar surface area (TPSA) is 115 Å². The van der Waals surface area contributed by atoms with Crippen molar-refractivity contribution in [3.05, 3.63) is 59.0 Å². The first kappa shape index (κ1) is 24.3. The molecule has 1 aromatic carbocycles. The molecule has 0 unspecified atom stereocenters. The molecule has 0 saturated carbocycles. The van der Waals surface area contributed by atoms with Crippen molar-refractivity contribution in [2.75, 3.05) is 22.5 Å². The second-order valence-corrected chi connectivity index (χ2v) is 7.44. The Morgan fingerprint density at radius 3 is 2.73 bits per heavy atom. The number of nitrogens with zero attached hydrogens (tertiary/aromatic N) is 4. The fraction of sp³-hybridized carbons (Fsp3) is 0.200. The van der Waals surface area contributed by atoms with Crippen LogP contribution in [0.3, 0.4) is 0 Å². The van der Waals surface area contributed by atoms with Crippen LogP contribution in [0.15, 0.2) is 42.7 Å². The summed E-state index contributed by atoms with van der Waals surface area (Å²) < 4.78 is 31.3. The molecule has 3 aromatic rings. The number of nitrogens with one attached hydrogen (secondary N) is 1. The molecule has 4 rings (SSSR count). The van der Waals surface area contributed by atoms with Crippen LogP contribution in [0, 0.1) is 0 Å². The van der Waals surface area contributed by atoms with E-state index in [0.29, 0.717) is 5.69 Å². The highest BCUT2D eigenvalue weighted by Crippen LogP contribution is 2.35. The lowest BCUT2D eigenvalue weighted by atomic mass is 10.1. The lowest BCUT2D eigenvalue weighted by Gasteiger charge is -2.32. The number of nitrogen functional groups attached to an aromatic ring is 1. The molecule has 0 radical (unpaired) electrons. The molecule has 3 heterocycles. The number of aromatic nitrogens is 3. The second kappa shape index (κ2) is 9.63. The van der Waals surface area contributed by atoms with Gasteiger partial charge < -0.3 is 20.7 Å². The van der Waals surface area contributed by atoms with Crippen molar-refractivity contribution in [3.8, 4) is 5.75 Å². The van der Waals surface area contributed by atoms with Gasteiger partial charge in [0.2, 0.25) is 0 Å². The number of ether oxygens (including phenoxy) is 1. The maximum Gasteiger partial charge on any atom is 0.387 e. The number of nitrogens with two attached hydrogens (primary N) is 1. The predicted octanol–water partition coefficient (Wildman–Crippen LogP) is 3.70. The fourth-order valence-electron chi connectivity index (χ4n) is 3.36. The molecule has 0 saturated heterocycles. The third-order valence-electron chi connectivity index (χ3n) is 4.85.